The summed E-state index contributed by atoms with van der Waals surface area (Å²) in [6.07, 6.45) is 25.6. The predicted octanol–water partition coefficient (Wildman–Crippen LogP) is 9.80. The molecule has 0 rings (SSSR count). The molecular weight excluding hydrogens is 582 g/mol. The number of hydrogen-bond donors (Lipinski definition) is 0. The number of nitrogens with zero attached hydrogens (tertiary/aromatic N) is 1. The van der Waals surface area contributed by atoms with E-state index in [1.54, 1.807) is 0 Å². The Balaban J connectivity index is 4.22. The van der Waals surface area contributed by atoms with Crippen LogP contribution in [0.2, 0.25) is 0 Å². The fourth-order valence-electron chi connectivity index (χ4n) is 4.71. The molecule has 0 spiro atoms. The van der Waals surface area contributed by atoms with Gasteiger partial charge in [0.15, 0.2) is 6.29 Å². The van der Waals surface area contributed by atoms with E-state index in [-0.39, 0.29) is 31.4 Å². The highest BCUT2D eigenvalue weighted by molar-refractivity contribution is 5.69. The SMILES string of the molecule is CCCCC/C=C\CCCOC(CCCCC(=O)OCC(C)COC(=O)OCCCN(CC)CC)OCCC/C=C\CCCCC. The third-order valence-corrected chi connectivity index (χ3v) is 7.74. The molecule has 46 heavy (non-hydrogen) atoms. The van der Waals surface area contributed by atoms with E-state index < -0.39 is 6.16 Å². The molecule has 1 unspecified atom stereocenters. The summed E-state index contributed by atoms with van der Waals surface area (Å²) in [6.45, 7) is 15.5. The predicted molar refractivity (Wildman–Crippen MR) is 189 cm³/mol. The number of allylic oxidation sites excluding steroid dienone is 4. The minimum atomic E-state index is -0.672. The van der Waals surface area contributed by atoms with Crippen molar-refractivity contribution in [3.63, 3.8) is 0 Å². The number of rotatable bonds is 33. The van der Waals surface area contributed by atoms with Gasteiger partial charge in [0, 0.05) is 18.9 Å². The quantitative estimate of drug-likeness (QED) is 0.0300. The maximum atomic E-state index is 12.3. The molecule has 0 radical (unpaired) electrons. The molecule has 270 valence electrons. The van der Waals surface area contributed by atoms with Crippen LogP contribution in [-0.2, 0) is 28.5 Å². The highest BCUT2D eigenvalue weighted by atomic mass is 16.7. The van der Waals surface area contributed by atoms with Crippen LogP contribution < -0.4 is 0 Å². The second-order valence-electron chi connectivity index (χ2n) is 12.2. The van der Waals surface area contributed by atoms with Crippen LogP contribution in [0.4, 0.5) is 4.79 Å². The van der Waals surface area contributed by atoms with Gasteiger partial charge in [0.1, 0.15) is 6.61 Å². The monoisotopic (exact) mass is 654 g/mol. The zero-order valence-corrected chi connectivity index (χ0v) is 30.4. The molecule has 0 saturated heterocycles. The van der Waals surface area contributed by atoms with Gasteiger partial charge < -0.3 is 28.6 Å². The van der Waals surface area contributed by atoms with Crippen LogP contribution in [0.5, 0.6) is 0 Å². The minimum absolute atomic E-state index is 0.101. The standard InChI is InChI=1S/C38H71NO7/c1-6-10-12-14-16-18-20-24-30-42-37(43-31-25-21-19-17-15-13-11-7-2)28-23-22-27-36(40)45-33-35(5)34-46-38(41)44-32-26-29-39(8-3)9-4/h16-19,35,37H,6-15,20-34H2,1-5H3/b18-16-,19-17-. The van der Waals surface area contributed by atoms with Crippen LogP contribution in [0.15, 0.2) is 24.3 Å². The van der Waals surface area contributed by atoms with Crippen molar-refractivity contribution in [1.82, 2.24) is 4.90 Å². The average molecular weight is 654 g/mol. The van der Waals surface area contributed by atoms with Crippen LogP contribution in [0.1, 0.15) is 144 Å². The second kappa shape index (κ2) is 34.4. The Morgan fingerprint density at radius 3 is 1.70 bits per heavy atom. The number of esters is 1. The zero-order chi connectivity index (χ0) is 33.9. The molecule has 0 aliphatic heterocycles. The van der Waals surface area contributed by atoms with Gasteiger partial charge in [-0.1, -0.05) is 84.6 Å². The van der Waals surface area contributed by atoms with E-state index in [0.717, 1.165) is 77.4 Å². The van der Waals surface area contributed by atoms with Crippen LogP contribution in [-0.4, -0.2) is 76.0 Å². The van der Waals surface area contributed by atoms with Crippen molar-refractivity contribution in [2.75, 3.05) is 52.7 Å². The van der Waals surface area contributed by atoms with Gasteiger partial charge in [-0.3, -0.25) is 4.79 Å². The second-order valence-corrected chi connectivity index (χ2v) is 12.2. The van der Waals surface area contributed by atoms with Crippen molar-refractivity contribution in [3.8, 4) is 0 Å². The van der Waals surface area contributed by atoms with Gasteiger partial charge in [-0.05, 0) is 90.1 Å². The van der Waals surface area contributed by atoms with Crippen molar-refractivity contribution in [1.29, 1.82) is 0 Å². The Labute approximate surface area is 283 Å². The van der Waals surface area contributed by atoms with E-state index in [0.29, 0.717) is 32.7 Å². The maximum absolute atomic E-state index is 12.3. The van der Waals surface area contributed by atoms with E-state index in [9.17, 15) is 9.59 Å². The molecule has 0 N–H and O–H groups in total. The highest BCUT2D eigenvalue weighted by Crippen LogP contribution is 2.12. The molecule has 0 aromatic carbocycles. The van der Waals surface area contributed by atoms with E-state index in [1.807, 2.05) is 6.92 Å². The first-order valence-electron chi connectivity index (χ1n) is 18.7. The molecule has 0 saturated carbocycles. The fraction of sp³-hybridized carbons (Fsp3) is 0.842. The Kier molecular flexibility index (Phi) is 33.0. The van der Waals surface area contributed by atoms with Gasteiger partial charge in [-0.15, -0.1) is 0 Å². The first-order valence-corrected chi connectivity index (χ1v) is 18.7. The molecular formula is C38H71NO7. The molecule has 0 aromatic rings. The molecule has 0 fully saturated rings. The van der Waals surface area contributed by atoms with E-state index in [4.69, 9.17) is 23.7 Å². The molecule has 0 aliphatic rings. The summed E-state index contributed by atoms with van der Waals surface area (Å²) in [5.41, 5.74) is 0. The van der Waals surface area contributed by atoms with Gasteiger partial charge >= 0.3 is 12.1 Å². The molecule has 0 aliphatic carbocycles. The lowest BCUT2D eigenvalue weighted by Crippen LogP contribution is -2.25. The topological polar surface area (TPSA) is 83.5 Å². The minimum Gasteiger partial charge on any atom is -0.465 e. The number of hydrogen-bond acceptors (Lipinski definition) is 8. The summed E-state index contributed by atoms with van der Waals surface area (Å²) in [4.78, 5) is 26.4. The van der Waals surface area contributed by atoms with Crippen LogP contribution >= 0.6 is 0 Å². The van der Waals surface area contributed by atoms with Crippen molar-refractivity contribution >= 4 is 12.1 Å². The lowest BCUT2D eigenvalue weighted by molar-refractivity contribution is -0.149. The molecule has 8 heteroatoms. The molecule has 0 amide bonds. The normalized spacial score (nSPS) is 12.5. The van der Waals surface area contributed by atoms with Gasteiger partial charge in [0.05, 0.1) is 26.4 Å². The van der Waals surface area contributed by atoms with Gasteiger partial charge in [-0.25, -0.2) is 4.79 Å². The number of unbranched alkanes of at least 4 members (excludes halogenated alkanes) is 9. The van der Waals surface area contributed by atoms with Crippen molar-refractivity contribution in [3.05, 3.63) is 24.3 Å². The Morgan fingerprint density at radius 1 is 0.609 bits per heavy atom. The first-order chi connectivity index (χ1) is 22.5. The lowest BCUT2D eigenvalue weighted by Gasteiger charge is -2.18. The molecule has 0 heterocycles. The molecule has 8 nitrogen and oxygen atoms in total. The van der Waals surface area contributed by atoms with Crippen LogP contribution in [0, 0.1) is 5.92 Å². The Bertz CT molecular complexity index is 711. The third-order valence-electron chi connectivity index (χ3n) is 7.74. The number of carbonyl (C=O) groups is 2. The van der Waals surface area contributed by atoms with E-state index in [2.05, 4.69) is 56.9 Å². The summed E-state index contributed by atoms with van der Waals surface area (Å²) in [6, 6.07) is 0. The fourth-order valence-corrected chi connectivity index (χ4v) is 4.71. The van der Waals surface area contributed by atoms with Crippen molar-refractivity contribution < 1.29 is 33.3 Å². The summed E-state index contributed by atoms with van der Waals surface area (Å²) >= 11 is 0. The zero-order valence-electron chi connectivity index (χ0n) is 30.4. The van der Waals surface area contributed by atoms with Gasteiger partial charge in [0.25, 0.3) is 0 Å². The summed E-state index contributed by atoms with van der Waals surface area (Å²) in [7, 11) is 0. The Morgan fingerprint density at radius 2 is 1.15 bits per heavy atom. The van der Waals surface area contributed by atoms with E-state index >= 15 is 0 Å². The third kappa shape index (κ3) is 30.7. The average Bonchev–Trinajstić information content (AvgIpc) is 3.06. The maximum Gasteiger partial charge on any atom is 0.508 e. The highest BCUT2D eigenvalue weighted by Gasteiger charge is 2.13. The van der Waals surface area contributed by atoms with Crippen LogP contribution in [0.25, 0.3) is 0 Å². The number of carbonyl (C=O) groups excluding carboxylic acids is 2. The number of ether oxygens (including phenoxy) is 5. The van der Waals surface area contributed by atoms with Gasteiger partial charge in [0.2, 0.25) is 0 Å². The van der Waals surface area contributed by atoms with Crippen molar-refractivity contribution in [2.24, 2.45) is 5.92 Å². The van der Waals surface area contributed by atoms with Crippen molar-refractivity contribution in [2.45, 2.75) is 150 Å². The molecule has 0 aromatic heterocycles. The smallest absolute Gasteiger partial charge is 0.465 e. The molecule has 1 atom stereocenters. The van der Waals surface area contributed by atoms with Crippen LogP contribution in [0.3, 0.4) is 0 Å². The van der Waals surface area contributed by atoms with Gasteiger partial charge in [-0.2, -0.15) is 0 Å². The summed E-state index contributed by atoms with van der Waals surface area (Å²) in [5, 5.41) is 0. The Hall–Kier alpha value is -1.90. The molecule has 0 bridgehead atoms. The first kappa shape index (κ1) is 44.1. The lowest BCUT2D eigenvalue weighted by atomic mass is 10.2. The summed E-state index contributed by atoms with van der Waals surface area (Å²) < 4.78 is 27.9. The largest absolute Gasteiger partial charge is 0.508 e. The van der Waals surface area contributed by atoms with E-state index in [1.165, 1.54) is 38.5 Å². The summed E-state index contributed by atoms with van der Waals surface area (Å²) in [5.74, 6) is -0.337.